The van der Waals surface area contributed by atoms with Gasteiger partial charge in [-0.1, -0.05) is 18.5 Å². The van der Waals surface area contributed by atoms with Gasteiger partial charge >= 0.3 is 0 Å². The Balaban J connectivity index is 1.98. The van der Waals surface area contributed by atoms with Crippen molar-refractivity contribution in [1.82, 2.24) is 19.7 Å². The molecule has 24 heavy (non-hydrogen) atoms. The van der Waals surface area contributed by atoms with Crippen molar-refractivity contribution in [2.75, 3.05) is 0 Å². The number of aryl methyl sites for hydroxylation is 2. The topological polar surface area (TPSA) is 43.6 Å². The maximum absolute atomic E-state index is 15.0. The minimum Gasteiger partial charge on any atom is -0.284 e. The lowest BCUT2D eigenvalue weighted by Crippen LogP contribution is -2.14. The van der Waals surface area contributed by atoms with Crippen LogP contribution < -0.4 is 0 Å². The first-order valence-corrected chi connectivity index (χ1v) is 8.02. The zero-order chi connectivity index (χ0) is 16.8. The van der Waals surface area contributed by atoms with Crippen molar-refractivity contribution in [3.63, 3.8) is 0 Å². The van der Waals surface area contributed by atoms with Gasteiger partial charge in [0, 0.05) is 23.7 Å². The third-order valence-corrected chi connectivity index (χ3v) is 4.73. The minimum absolute atomic E-state index is 0.00503. The molecule has 0 unspecified atom stereocenters. The van der Waals surface area contributed by atoms with Crippen LogP contribution in [-0.4, -0.2) is 19.7 Å². The predicted octanol–water partition coefficient (Wildman–Crippen LogP) is 3.92. The Hall–Kier alpha value is -2.34. The van der Waals surface area contributed by atoms with Gasteiger partial charge in [-0.15, -0.1) is 10.2 Å². The van der Waals surface area contributed by atoms with E-state index in [1.54, 1.807) is 10.6 Å². The first-order valence-electron chi connectivity index (χ1n) is 7.64. The van der Waals surface area contributed by atoms with Gasteiger partial charge in [0.1, 0.15) is 23.0 Å². The summed E-state index contributed by atoms with van der Waals surface area (Å²) in [5.41, 5.74) is 2.59. The van der Waals surface area contributed by atoms with E-state index in [9.17, 15) is 8.78 Å². The SMILES string of the molecule is CCc1c(F)cncc1-c1cc2c(c(Cl)c1F)-n1cnnc1CC2. The van der Waals surface area contributed by atoms with E-state index in [2.05, 4.69) is 15.2 Å². The highest BCUT2D eigenvalue weighted by molar-refractivity contribution is 6.33. The van der Waals surface area contributed by atoms with Crippen molar-refractivity contribution in [2.45, 2.75) is 26.2 Å². The molecule has 7 heteroatoms. The van der Waals surface area contributed by atoms with Crippen molar-refractivity contribution in [3.8, 4) is 16.8 Å². The Morgan fingerprint density at radius 3 is 2.83 bits per heavy atom. The van der Waals surface area contributed by atoms with Crippen molar-refractivity contribution in [2.24, 2.45) is 0 Å². The zero-order valence-electron chi connectivity index (χ0n) is 12.9. The number of nitrogens with zero attached hydrogens (tertiary/aromatic N) is 4. The van der Waals surface area contributed by atoms with E-state index in [1.807, 2.05) is 6.92 Å². The molecule has 0 fully saturated rings. The third-order valence-electron chi connectivity index (χ3n) is 4.39. The number of hydrogen-bond acceptors (Lipinski definition) is 3. The van der Waals surface area contributed by atoms with Gasteiger partial charge in [-0.05, 0) is 30.0 Å². The lowest BCUT2D eigenvalue weighted by molar-refractivity contribution is 0.604. The molecule has 0 spiro atoms. The summed E-state index contributed by atoms with van der Waals surface area (Å²) in [7, 11) is 0. The second kappa shape index (κ2) is 5.63. The lowest BCUT2D eigenvalue weighted by atomic mass is 9.94. The highest BCUT2D eigenvalue weighted by Gasteiger charge is 2.25. The van der Waals surface area contributed by atoms with Crippen LogP contribution >= 0.6 is 11.6 Å². The van der Waals surface area contributed by atoms with Crippen LogP contribution in [0.5, 0.6) is 0 Å². The van der Waals surface area contributed by atoms with E-state index >= 15 is 0 Å². The summed E-state index contributed by atoms with van der Waals surface area (Å²) in [6.07, 6.45) is 5.95. The fourth-order valence-corrected chi connectivity index (χ4v) is 3.55. The van der Waals surface area contributed by atoms with E-state index in [-0.39, 0.29) is 10.6 Å². The van der Waals surface area contributed by atoms with E-state index < -0.39 is 11.6 Å². The number of pyridine rings is 1. The summed E-state index contributed by atoms with van der Waals surface area (Å²) in [4.78, 5) is 3.87. The Bertz CT molecular complexity index is 952. The summed E-state index contributed by atoms with van der Waals surface area (Å²) in [6.45, 7) is 1.82. The standard InChI is InChI=1S/C17H13ClF2N4/c1-2-10-12(6-21-7-13(10)19)11-5-9-3-4-14-23-22-8-24(14)17(9)15(18)16(11)20/h5-8H,2-4H2,1H3. The number of fused-ring (bicyclic) bond motifs is 3. The highest BCUT2D eigenvalue weighted by atomic mass is 35.5. The summed E-state index contributed by atoms with van der Waals surface area (Å²) < 4.78 is 30.7. The molecule has 0 saturated heterocycles. The average molecular weight is 347 g/mol. The van der Waals surface area contributed by atoms with Crippen molar-refractivity contribution < 1.29 is 8.78 Å². The summed E-state index contributed by atoms with van der Waals surface area (Å²) in [5, 5.41) is 7.88. The normalized spacial score (nSPS) is 12.8. The Morgan fingerprint density at radius 1 is 1.21 bits per heavy atom. The number of aromatic nitrogens is 4. The van der Waals surface area contributed by atoms with Gasteiger partial charge in [0.2, 0.25) is 0 Å². The Kier molecular flexibility index (Phi) is 3.57. The van der Waals surface area contributed by atoms with Crippen LogP contribution in [0.25, 0.3) is 16.8 Å². The van der Waals surface area contributed by atoms with Gasteiger partial charge in [0.05, 0.1) is 11.9 Å². The van der Waals surface area contributed by atoms with Crippen LogP contribution in [0, 0.1) is 11.6 Å². The van der Waals surface area contributed by atoms with E-state index in [0.29, 0.717) is 36.1 Å². The summed E-state index contributed by atoms with van der Waals surface area (Å²) in [5.74, 6) is -0.276. The van der Waals surface area contributed by atoms with E-state index in [1.165, 1.54) is 12.5 Å². The second-order valence-corrected chi connectivity index (χ2v) is 6.06. The first kappa shape index (κ1) is 15.2. The molecule has 4 rings (SSSR count). The van der Waals surface area contributed by atoms with Gasteiger partial charge in [0.15, 0.2) is 5.82 Å². The quantitative estimate of drug-likeness (QED) is 0.706. The fourth-order valence-electron chi connectivity index (χ4n) is 3.23. The van der Waals surface area contributed by atoms with Crippen LogP contribution in [0.1, 0.15) is 23.9 Å². The van der Waals surface area contributed by atoms with Crippen LogP contribution in [-0.2, 0) is 19.3 Å². The molecule has 0 bridgehead atoms. The molecular weight excluding hydrogens is 334 g/mol. The molecule has 122 valence electrons. The second-order valence-electron chi connectivity index (χ2n) is 5.68. The third kappa shape index (κ3) is 2.13. The molecule has 2 aromatic heterocycles. The largest absolute Gasteiger partial charge is 0.284 e. The monoisotopic (exact) mass is 346 g/mol. The highest BCUT2D eigenvalue weighted by Crippen LogP contribution is 2.39. The van der Waals surface area contributed by atoms with Crippen molar-refractivity contribution in [1.29, 1.82) is 0 Å². The molecule has 3 aromatic rings. The first-order chi connectivity index (χ1) is 11.6. The predicted molar refractivity (Wildman–Crippen MR) is 86.3 cm³/mol. The minimum atomic E-state index is -0.584. The van der Waals surface area contributed by atoms with Crippen molar-refractivity contribution in [3.05, 3.63) is 58.4 Å². The van der Waals surface area contributed by atoms with Crippen LogP contribution in [0.15, 0.2) is 24.8 Å². The molecule has 0 amide bonds. The smallest absolute Gasteiger partial charge is 0.151 e. The van der Waals surface area contributed by atoms with Gasteiger partial charge in [-0.2, -0.15) is 0 Å². The summed E-state index contributed by atoms with van der Waals surface area (Å²) in [6, 6.07) is 1.73. The lowest BCUT2D eigenvalue weighted by Gasteiger charge is -2.21. The molecule has 0 aliphatic carbocycles. The number of halogens is 3. The molecule has 0 saturated carbocycles. The van der Waals surface area contributed by atoms with Gasteiger partial charge < -0.3 is 0 Å². The molecule has 3 heterocycles. The van der Waals surface area contributed by atoms with Crippen LogP contribution in [0.3, 0.4) is 0 Å². The number of benzene rings is 1. The van der Waals surface area contributed by atoms with E-state index in [0.717, 1.165) is 17.6 Å². The van der Waals surface area contributed by atoms with Crippen LogP contribution in [0.4, 0.5) is 8.78 Å². The number of rotatable bonds is 2. The molecule has 1 aromatic carbocycles. The van der Waals surface area contributed by atoms with Gasteiger partial charge in [0.25, 0.3) is 0 Å². The average Bonchev–Trinajstić information content (AvgIpc) is 3.06. The zero-order valence-corrected chi connectivity index (χ0v) is 13.6. The van der Waals surface area contributed by atoms with Gasteiger partial charge in [-0.25, -0.2) is 8.78 Å². The van der Waals surface area contributed by atoms with E-state index in [4.69, 9.17) is 11.6 Å². The Labute approximate surface area is 142 Å². The fraction of sp³-hybridized carbons (Fsp3) is 0.235. The molecule has 4 nitrogen and oxygen atoms in total. The number of hydrogen-bond donors (Lipinski definition) is 0. The van der Waals surface area contributed by atoms with Gasteiger partial charge in [-0.3, -0.25) is 9.55 Å². The maximum atomic E-state index is 15.0. The maximum Gasteiger partial charge on any atom is 0.151 e. The molecule has 0 radical (unpaired) electrons. The molecule has 1 aliphatic heterocycles. The Morgan fingerprint density at radius 2 is 2.04 bits per heavy atom. The molecular formula is C17H13ClF2N4. The van der Waals surface area contributed by atoms with Crippen LogP contribution in [0.2, 0.25) is 5.02 Å². The molecule has 1 aliphatic rings. The molecule has 0 atom stereocenters. The van der Waals surface area contributed by atoms with Crippen molar-refractivity contribution >= 4 is 11.6 Å². The molecule has 0 N–H and O–H groups in total. The summed E-state index contributed by atoms with van der Waals surface area (Å²) >= 11 is 6.32.